The quantitative estimate of drug-likeness (QED) is 0.127. The van der Waals surface area contributed by atoms with Crippen molar-refractivity contribution >= 4 is 11.9 Å². The molecule has 0 aromatic heterocycles. The largest absolute Gasteiger partial charge is 0.485 e. The fraction of sp³-hybridized carbons (Fsp3) is 0.317. The summed E-state index contributed by atoms with van der Waals surface area (Å²) >= 11 is 0. The van der Waals surface area contributed by atoms with Crippen molar-refractivity contribution in [3.05, 3.63) is 144 Å². The third-order valence-corrected chi connectivity index (χ3v) is 8.57. The molecule has 0 radical (unpaired) electrons. The number of aliphatic carboxylic acids is 2. The number of ether oxygens (including phenoxy) is 2. The number of hydrogen-bond donors (Lipinski definition) is 2. The van der Waals surface area contributed by atoms with Crippen molar-refractivity contribution in [2.45, 2.75) is 45.9 Å². The lowest BCUT2D eigenvalue weighted by Gasteiger charge is -2.43. The molecule has 50 heavy (non-hydrogen) atoms. The van der Waals surface area contributed by atoms with Crippen molar-refractivity contribution in [2.24, 2.45) is 0 Å². The van der Waals surface area contributed by atoms with Gasteiger partial charge in [0.1, 0.15) is 13.2 Å². The van der Waals surface area contributed by atoms with Crippen LogP contribution in [0.15, 0.2) is 121 Å². The van der Waals surface area contributed by atoms with E-state index in [1.807, 2.05) is 24.3 Å². The summed E-state index contributed by atoms with van der Waals surface area (Å²) in [5.74, 6) is -0.928. The molecule has 1 unspecified atom stereocenters. The SMILES string of the molecule is CCN(CC)N1CCN(C(Cc2ccccc2)Cc2ccc(OCc3ccccc3)c(OCc3ccccc3)c2)CC1.O=C(O)C=CC(=O)O. The molecular formula is C41H49N3O6. The molecule has 1 atom stereocenters. The molecule has 9 nitrogen and oxygen atoms in total. The summed E-state index contributed by atoms with van der Waals surface area (Å²) in [4.78, 5) is 21.8. The van der Waals surface area contributed by atoms with Gasteiger partial charge in [0.05, 0.1) is 0 Å². The van der Waals surface area contributed by atoms with Crippen LogP contribution in [0.3, 0.4) is 0 Å². The highest BCUT2D eigenvalue weighted by Gasteiger charge is 2.26. The summed E-state index contributed by atoms with van der Waals surface area (Å²) in [6, 6.07) is 38.5. The predicted molar refractivity (Wildman–Crippen MR) is 196 cm³/mol. The van der Waals surface area contributed by atoms with E-state index in [0.717, 1.165) is 74.7 Å². The molecular weight excluding hydrogens is 630 g/mol. The smallest absolute Gasteiger partial charge is 0.328 e. The standard InChI is InChI=1S/C37H45N3O2.C4H4O4/c1-3-39(4-2)40-24-22-38(23-25-40)35(26-31-14-8-5-9-15-31)27-34-20-21-36(41-29-32-16-10-6-11-17-32)37(28-34)42-30-33-18-12-7-13-19-33;5-3(6)1-2-4(7)8/h5-21,28,35H,3-4,22-27,29-30H2,1-2H3;1-2H,(H,5,6)(H,7,8). The van der Waals surface area contributed by atoms with Crippen molar-refractivity contribution in [3.8, 4) is 11.5 Å². The Morgan fingerprint density at radius 3 is 1.58 bits per heavy atom. The van der Waals surface area contributed by atoms with E-state index in [4.69, 9.17) is 19.7 Å². The lowest BCUT2D eigenvalue weighted by atomic mass is 9.96. The Bertz CT molecular complexity index is 1590. The molecule has 1 fully saturated rings. The molecule has 0 bridgehead atoms. The minimum Gasteiger partial charge on any atom is -0.485 e. The molecule has 0 amide bonds. The third kappa shape index (κ3) is 12.8. The van der Waals surface area contributed by atoms with Gasteiger partial charge in [0.2, 0.25) is 0 Å². The van der Waals surface area contributed by atoms with Crippen LogP contribution in [0.25, 0.3) is 0 Å². The van der Waals surface area contributed by atoms with Crippen molar-refractivity contribution in [3.63, 3.8) is 0 Å². The minimum absolute atomic E-state index is 0.407. The van der Waals surface area contributed by atoms with E-state index in [0.29, 0.717) is 31.4 Å². The Hall–Kier alpha value is -4.96. The first-order valence-electron chi connectivity index (χ1n) is 17.2. The van der Waals surface area contributed by atoms with Crippen LogP contribution >= 0.6 is 0 Å². The van der Waals surface area contributed by atoms with Gasteiger partial charge in [-0.15, -0.1) is 0 Å². The Labute approximate surface area is 296 Å². The van der Waals surface area contributed by atoms with Gasteiger partial charge < -0.3 is 19.7 Å². The third-order valence-electron chi connectivity index (χ3n) is 8.57. The van der Waals surface area contributed by atoms with Crippen LogP contribution in [0, 0.1) is 0 Å². The Balaban J connectivity index is 0.000000627. The van der Waals surface area contributed by atoms with Gasteiger partial charge in [0.25, 0.3) is 0 Å². The highest BCUT2D eigenvalue weighted by atomic mass is 16.5. The van der Waals surface area contributed by atoms with Crippen LogP contribution in [-0.4, -0.2) is 82.4 Å². The number of hydrazine groups is 1. The van der Waals surface area contributed by atoms with Crippen molar-refractivity contribution in [2.75, 3.05) is 39.3 Å². The second-order valence-electron chi connectivity index (χ2n) is 12.0. The molecule has 4 aromatic carbocycles. The number of carboxylic acids is 2. The number of hydrogen-bond acceptors (Lipinski definition) is 7. The number of nitrogens with zero attached hydrogens (tertiary/aromatic N) is 3. The molecule has 0 spiro atoms. The van der Waals surface area contributed by atoms with Crippen LogP contribution in [0.1, 0.15) is 36.1 Å². The van der Waals surface area contributed by atoms with E-state index in [2.05, 4.69) is 114 Å². The number of carboxylic acid groups (broad SMARTS) is 2. The number of rotatable bonds is 16. The maximum absolute atomic E-state index is 9.55. The maximum Gasteiger partial charge on any atom is 0.328 e. The molecule has 9 heteroatoms. The topological polar surface area (TPSA) is 103 Å². The van der Waals surface area contributed by atoms with Gasteiger partial charge in [-0.2, -0.15) is 0 Å². The molecule has 4 aromatic rings. The van der Waals surface area contributed by atoms with Gasteiger partial charge >= 0.3 is 11.9 Å². The molecule has 2 N–H and O–H groups in total. The summed E-state index contributed by atoms with van der Waals surface area (Å²) in [5.41, 5.74) is 4.95. The van der Waals surface area contributed by atoms with E-state index in [-0.39, 0.29) is 0 Å². The van der Waals surface area contributed by atoms with Gasteiger partial charge in [-0.1, -0.05) is 111 Å². The monoisotopic (exact) mass is 679 g/mol. The normalized spacial score (nSPS) is 14.1. The van der Waals surface area contributed by atoms with Gasteiger partial charge in [0, 0.05) is 57.5 Å². The Morgan fingerprint density at radius 1 is 0.640 bits per heavy atom. The lowest BCUT2D eigenvalue weighted by Crippen LogP contribution is -2.56. The Morgan fingerprint density at radius 2 is 1.10 bits per heavy atom. The minimum atomic E-state index is -1.26. The molecule has 264 valence electrons. The molecule has 1 heterocycles. The van der Waals surface area contributed by atoms with E-state index in [1.54, 1.807) is 0 Å². The zero-order valence-electron chi connectivity index (χ0n) is 29.1. The first kappa shape index (κ1) is 37.9. The van der Waals surface area contributed by atoms with Crippen LogP contribution in [0.4, 0.5) is 0 Å². The second kappa shape index (κ2) is 20.5. The number of benzene rings is 4. The van der Waals surface area contributed by atoms with E-state index >= 15 is 0 Å². The van der Waals surface area contributed by atoms with Crippen molar-refractivity contribution in [1.29, 1.82) is 0 Å². The fourth-order valence-corrected chi connectivity index (χ4v) is 6.00. The number of carbonyl (C=O) groups is 2. The summed E-state index contributed by atoms with van der Waals surface area (Å²) in [5, 5.41) is 20.6. The highest BCUT2D eigenvalue weighted by molar-refractivity contribution is 5.89. The fourth-order valence-electron chi connectivity index (χ4n) is 6.00. The molecule has 1 aliphatic rings. The molecule has 0 aliphatic carbocycles. The van der Waals surface area contributed by atoms with Gasteiger partial charge in [-0.25, -0.2) is 19.6 Å². The summed E-state index contributed by atoms with van der Waals surface area (Å²) < 4.78 is 12.7. The predicted octanol–water partition coefficient (Wildman–Crippen LogP) is 6.58. The van der Waals surface area contributed by atoms with Gasteiger partial charge in [-0.3, -0.25) is 4.90 Å². The van der Waals surface area contributed by atoms with E-state index in [9.17, 15) is 9.59 Å². The molecule has 0 saturated carbocycles. The second-order valence-corrected chi connectivity index (χ2v) is 12.0. The van der Waals surface area contributed by atoms with Crippen molar-refractivity contribution < 1.29 is 29.3 Å². The van der Waals surface area contributed by atoms with Gasteiger partial charge in [0.15, 0.2) is 11.5 Å². The van der Waals surface area contributed by atoms with Crippen LogP contribution in [-0.2, 0) is 35.6 Å². The maximum atomic E-state index is 9.55. The van der Waals surface area contributed by atoms with Gasteiger partial charge in [-0.05, 0) is 47.2 Å². The number of piperazine rings is 1. The zero-order chi connectivity index (χ0) is 35.6. The van der Waals surface area contributed by atoms with Crippen LogP contribution < -0.4 is 9.47 Å². The molecule has 5 rings (SSSR count). The average molecular weight is 680 g/mol. The zero-order valence-corrected chi connectivity index (χ0v) is 29.1. The van der Waals surface area contributed by atoms with Crippen molar-refractivity contribution in [1.82, 2.24) is 14.9 Å². The van der Waals surface area contributed by atoms with E-state index < -0.39 is 11.9 Å². The summed E-state index contributed by atoms with van der Waals surface area (Å²) in [6.45, 7) is 11.9. The highest BCUT2D eigenvalue weighted by Crippen LogP contribution is 2.31. The van der Waals surface area contributed by atoms with Crippen LogP contribution in [0.2, 0.25) is 0 Å². The lowest BCUT2D eigenvalue weighted by molar-refractivity contribution is -0.134. The Kier molecular flexibility index (Phi) is 15.5. The first-order chi connectivity index (χ1) is 24.3. The first-order valence-corrected chi connectivity index (χ1v) is 17.2. The summed E-state index contributed by atoms with van der Waals surface area (Å²) in [6.07, 6.45) is 3.10. The molecule has 1 aliphatic heterocycles. The summed E-state index contributed by atoms with van der Waals surface area (Å²) in [7, 11) is 0. The van der Waals surface area contributed by atoms with E-state index in [1.165, 1.54) is 11.1 Å². The van der Waals surface area contributed by atoms with Crippen LogP contribution in [0.5, 0.6) is 11.5 Å². The molecule has 1 saturated heterocycles. The average Bonchev–Trinajstić information content (AvgIpc) is 3.15.